The Morgan fingerprint density at radius 2 is 1.75 bits per heavy atom. The van der Waals surface area contributed by atoms with Crippen LogP contribution in [0.5, 0.6) is 0 Å². The van der Waals surface area contributed by atoms with Crippen LogP contribution in [-0.4, -0.2) is 32.6 Å². The van der Waals surface area contributed by atoms with E-state index in [0.29, 0.717) is 13.2 Å². The van der Waals surface area contributed by atoms with E-state index in [1.54, 1.807) is 0 Å². The van der Waals surface area contributed by atoms with Gasteiger partial charge in [0.15, 0.2) is 6.29 Å². The summed E-state index contributed by atoms with van der Waals surface area (Å²) in [6.45, 7) is 5.25. The highest BCUT2D eigenvalue weighted by Gasteiger charge is 2.14. The molecule has 0 heterocycles. The Morgan fingerprint density at radius 1 is 1.12 bits per heavy atom. The van der Waals surface area contributed by atoms with Crippen molar-refractivity contribution in [1.29, 1.82) is 0 Å². The van der Waals surface area contributed by atoms with E-state index in [0.717, 1.165) is 25.7 Å². The number of esters is 1. The molecule has 1 atom stereocenters. The third kappa shape index (κ3) is 8.68. The van der Waals surface area contributed by atoms with Gasteiger partial charge in [-0.25, -0.2) is 0 Å². The van der Waals surface area contributed by atoms with Gasteiger partial charge in [0.1, 0.15) is 0 Å². The van der Waals surface area contributed by atoms with E-state index in [1.165, 1.54) is 7.11 Å². The Hall–Kier alpha value is -0.610. The van der Waals surface area contributed by atoms with Gasteiger partial charge in [0, 0.05) is 13.7 Å². The van der Waals surface area contributed by atoms with Crippen molar-refractivity contribution in [3.63, 3.8) is 0 Å². The summed E-state index contributed by atoms with van der Waals surface area (Å²) in [6.07, 6.45) is 3.67. The van der Waals surface area contributed by atoms with E-state index < -0.39 is 6.29 Å². The van der Waals surface area contributed by atoms with Crippen molar-refractivity contribution in [2.45, 2.75) is 52.2 Å². The van der Waals surface area contributed by atoms with Crippen molar-refractivity contribution in [2.24, 2.45) is 0 Å². The van der Waals surface area contributed by atoms with E-state index in [9.17, 15) is 4.79 Å². The quantitative estimate of drug-likeness (QED) is 0.330. The number of hydrogen-bond acceptors (Lipinski definition) is 4. The molecule has 0 aromatic heterocycles. The summed E-state index contributed by atoms with van der Waals surface area (Å²) in [5.74, 6) is -0.253. The number of hydrogen-bond donors (Lipinski definition) is 0. The molecule has 0 aromatic rings. The van der Waals surface area contributed by atoms with E-state index >= 15 is 0 Å². The maximum Gasteiger partial charge on any atom is 0.310 e. The first-order valence-corrected chi connectivity index (χ1v) is 6.04. The molecule has 0 saturated carbocycles. The molecule has 0 saturated heterocycles. The first kappa shape index (κ1) is 15.4. The predicted octanol–water partition coefficient (Wildman–Crippen LogP) is 2.51. The third-order valence-electron chi connectivity index (χ3n) is 2.16. The molecule has 16 heavy (non-hydrogen) atoms. The summed E-state index contributed by atoms with van der Waals surface area (Å²) >= 11 is 0. The lowest BCUT2D eigenvalue weighted by atomic mass is 10.3. The summed E-state index contributed by atoms with van der Waals surface area (Å²) in [5, 5.41) is 0. The molecular formula is C12H24O4. The van der Waals surface area contributed by atoms with Gasteiger partial charge in [-0.3, -0.25) is 4.79 Å². The van der Waals surface area contributed by atoms with Crippen LogP contribution >= 0.6 is 0 Å². The Morgan fingerprint density at radius 3 is 2.31 bits per heavy atom. The molecular weight excluding hydrogens is 208 g/mol. The molecule has 4 heteroatoms. The molecule has 0 spiro atoms. The van der Waals surface area contributed by atoms with Crippen LogP contribution in [0.2, 0.25) is 0 Å². The van der Waals surface area contributed by atoms with Gasteiger partial charge in [-0.2, -0.15) is 0 Å². The molecule has 0 rings (SSSR count). The van der Waals surface area contributed by atoms with Gasteiger partial charge in [0.25, 0.3) is 0 Å². The second-order valence-electron chi connectivity index (χ2n) is 3.67. The van der Waals surface area contributed by atoms with Gasteiger partial charge >= 0.3 is 5.97 Å². The fraction of sp³-hybridized carbons (Fsp3) is 0.917. The van der Waals surface area contributed by atoms with Gasteiger partial charge in [-0.05, 0) is 12.8 Å². The summed E-state index contributed by atoms with van der Waals surface area (Å²) < 4.78 is 15.5. The highest BCUT2D eigenvalue weighted by Crippen LogP contribution is 2.03. The van der Waals surface area contributed by atoms with Crippen molar-refractivity contribution in [3.8, 4) is 0 Å². The first-order valence-electron chi connectivity index (χ1n) is 6.04. The zero-order valence-electron chi connectivity index (χ0n) is 10.7. The molecule has 0 aliphatic rings. The lowest BCUT2D eigenvalue weighted by molar-refractivity contribution is -0.164. The zero-order chi connectivity index (χ0) is 12.2. The molecule has 0 aromatic carbocycles. The highest BCUT2D eigenvalue weighted by atomic mass is 16.7. The lowest BCUT2D eigenvalue weighted by Crippen LogP contribution is -2.22. The van der Waals surface area contributed by atoms with Crippen LogP contribution in [0, 0.1) is 0 Å². The number of ether oxygens (including phenoxy) is 3. The van der Waals surface area contributed by atoms with Gasteiger partial charge in [0.05, 0.1) is 13.0 Å². The normalized spacial score (nSPS) is 12.4. The summed E-state index contributed by atoms with van der Waals surface area (Å²) in [5.41, 5.74) is 0. The Labute approximate surface area is 98.3 Å². The number of carbonyl (C=O) groups excluding carboxylic acids is 1. The molecule has 0 fully saturated rings. The zero-order valence-corrected chi connectivity index (χ0v) is 10.7. The van der Waals surface area contributed by atoms with Crippen LogP contribution in [0.4, 0.5) is 0 Å². The minimum atomic E-state index is -0.472. The molecule has 4 nitrogen and oxygen atoms in total. The lowest BCUT2D eigenvalue weighted by Gasteiger charge is -2.15. The maximum absolute atomic E-state index is 11.3. The smallest absolute Gasteiger partial charge is 0.310 e. The molecule has 0 aliphatic heterocycles. The third-order valence-corrected chi connectivity index (χ3v) is 2.16. The second-order valence-corrected chi connectivity index (χ2v) is 3.67. The SMILES string of the molecule is CCCCOC(=O)CC(OC)OCCCC. The van der Waals surface area contributed by atoms with E-state index in [2.05, 4.69) is 13.8 Å². The van der Waals surface area contributed by atoms with Crippen LogP contribution < -0.4 is 0 Å². The average molecular weight is 232 g/mol. The average Bonchev–Trinajstić information content (AvgIpc) is 2.28. The van der Waals surface area contributed by atoms with Crippen LogP contribution in [0.3, 0.4) is 0 Å². The van der Waals surface area contributed by atoms with Crippen molar-refractivity contribution in [3.05, 3.63) is 0 Å². The Balaban J connectivity index is 3.61. The van der Waals surface area contributed by atoms with Crippen molar-refractivity contribution in [2.75, 3.05) is 20.3 Å². The molecule has 1 unspecified atom stereocenters. The van der Waals surface area contributed by atoms with Crippen LogP contribution in [0.25, 0.3) is 0 Å². The standard InChI is InChI=1S/C12H24O4/c1-4-6-8-15-11(13)10-12(14-3)16-9-7-5-2/h12H,4-10H2,1-3H3. The second kappa shape index (κ2) is 10.9. The van der Waals surface area contributed by atoms with Crippen LogP contribution in [0.15, 0.2) is 0 Å². The van der Waals surface area contributed by atoms with Crippen molar-refractivity contribution in [1.82, 2.24) is 0 Å². The van der Waals surface area contributed by atoms with E-state index in [4.69, 9.17) is 14.2 Å². The van der Waals surface area contributed by atoms with Crippen molar-refractivity contribution >= 4 is 5.97 Å². The minimum Gasteiger partial charge on any atom is -0.466 e. The number of methoxy groups -OCH3 is 1. The fourth-order valence-corrected chi connectivity index (χ4v) is 1.09. The Bertz CT molecular complexity index is 170. The largest absolute Gasteiger partial charge is 0.466 e. The van der Waals surface area contributed by atoms with E-state index in [-0.39, 0.29) is 12.4 Å². The van der Waals surface area contributed by atoms with Gasteiger partial charge in [-0.15, -0.1) is 0 Å². The minimum absolute atomic E-state index is 0.171. The number of rotatable bonds is 10. The topological polar surface area (TPSA) is 44.8 Å². The first-order chi connectivity index (χ1) is 7.74. The molecule has 0 amide bonds. The molecule has 0 bridgehead atoms. The number of carbonyl (C=O) groups is 1. The fourth-order valence-electron chi connectivity index (χ4n) is 1.09. The molecule has 0 radical (unpaired) electrons. The molecule has 0 aliphatic carbocycles. The summed E-state index contributed by atoms with van der Waals surface area (Å²) in [6, 6.07) is 0. The number of unbranched alkanes of at least 4 members (excludes halogenated alkanes) is 2. The van der Waals surface area contributed by atoms with E-state index in [1.807, 2.05) is 0 Å². The maximum atomic E-state index is 11.3. The van der Waals surface area contributed by atoms with Crippen molar-refractivity contribution < 1.29 is 19.0 Å². The van der Waals surface area contributed by atoms with Crippen LogP contribution in [0.1, 0.15) is 46.0 Å². The van der Waals surface area contributed by atoms with Crippen LogP contribution in [-0.2, 0) is 19.0 Å². The summed E-state index contributed by atoms with van der Waals surface area (Å²) in [7, 11) is 1.54. The highest BCUT2D eigenvalue weighted by molar-refractivity contribution is 5.69. The van der Waals surface area contributed by atoms with Gasteiger partial charge in [-0.1, -0.05) is 26.7 Å². The molecule has 0 N–H and O–H groups in total. The predicted molar refractivity (Wildman–Crippen MR) is 62.1 cm³/mol. The molecule has 96 valence electrons. The van der Waals surface area contributed by atoms with Gasteiger partial charge < -0.3 is 14.2 Å². The Kier molecular flexibility index (Phi) is 10.5. The van der Waals surface area contributed by atoms with Gasteiger partial charge in [0.2, 0.25) is 0 Å². The summed E-state index contributed by atoms with van der Waals surface area (Å²) in [4.78, 5) is 11.3. The monoisotopic (exact) mass is 232 g/mol.